The SMILES string of the molecule is CCCCC(N)C(=O)N1C2CCC1CC(O)C2. The molecule has 3 N–H and O–H groups in total. The van der Waals surface area contributed by atoms with E-state index in [4.69, 9.17) is 5.73 Å². The Bertz CT molecular complexity index is 269. The van der Waals surface area contributed by atoms with Crippen LogP contribution in [0, 0.1) is 0 Å². The van der Waals surface area contributed by atoms with E-state index in [0.29, 0.717) is 0 Å². The molecule has 2 aliphatic heterocycles. The summed E-state index contributed by atoms with van der Waals surface area (Å²) in [6.07, 6.45) is 6.20. The molecule has 2 rings (SSSR count). The second kappa shape index (κ2) is 5.36. The molecule has 2 heterocycles. The van der Waals surface area contributed by atoms with Gasteiger partial charge in [-0.15, -0.1) is 0 Å². The Morgan fingerprint density at radius 3 is 2.53 bits per heavy atom. The van der Waals surface area contributed by atoms with E-state index in [2.05, 4.69) is 6.92 Å². The lowest BCUT2D eigenvalue weighted by molar-refractivity contribution is -0.139. The van der Waals surface area contributed by atoms with Gasteiger partial charge in [-0.3, -0.25) is 4.79 Å². The number of amides is 1. The van der Waals surface area contributed by atoms with E-state index in [-0.39, 0.29) is 30.1 Å². The minimum atomic E-state index is -0.340. The van der Waals surface area contributed by atoms with Crippen LogP contribution in [0.1, 0.15) is 51.9 Å². The molecule has 0 aromatic heterocycles. The second-order valence-corrected chi connectivity index (χ2v) is 5.50. The van der Waals surface area contributed by atoms with Crippen molar-refractivity contribution in [2.45, 2.75) is 76.1 Å². The van der Waals surface area contributed by atoms with E-state index < -0.39 is 0 Å². The zero-order chi connectivity index (χ0) is 12.4. The fourth-order valence-electron chi connectivity index (χ4n) is 3.25. The van der Waals surface area contributed by atoms with Crippen molar-refractivity contribution in [2.24, 2.45) is 5.73 Å². The summed E-state index contributed by atoms with van der Waals surface area (Å²) in [5.74, 6) is 0.109. The van der Waals surface area contributed by atoms with E-state index in [1.165, 1.54) is 0 Å². The standard InChI is InChI=1S/C13H24N2O2/c1-2-3-4-12(14)13(17)15-9-5-6-10(15)8-11(16)7-9/h9-12,16H,2-8,14H2,1H3. The van der Waals surface area contributed by atoms with Crippen LogP contribution in [0.4, 0.5) is 0 Å². The lowest BCUT2D eigenvalue weighted by Gasteiger charge is -2.38. The summed E-state index contributed by atoms with van der Waals surface area (Å²) in [5.41, 5.74) is 5.97. The number of hydrogen-bond donors (Lipinski definition) is 2. The van der Waals surface area contributed by atoms with Gasteiger partial charge in [0.2, 0.25) is 5.91 Å². The summed E-state index contributed by atoms with van der Waals surface area (Å²) in [4.78, 5) is 14.3. The van der Waals surface area contributed by atoms with Gasteiger partial charge in [-0.05, 0) is 32.1 Å². The monoisotopic (exact) mass is 240 g/mol. The highest BCUT2D eigenvalue weighted by molar-refractivity contribution is 5.82. The van der Waals surface area contributed by atoms with Gasteiger partial charge in [0.1, 0.15) is 0 Å². The summed E-state index contributed by atoms with van der Waals surface area (Å²) in [5, 5.41) is 9.70. The molecular formula is C13H24N2O2. The third-order valence-electron chi connectivity index (χ3n) is 4.15. The minimum Gasteiger partial charge on any atom is -0.393 e. The van der Waals surface area contributed by atoms with Gasteiger partial charge in [-0.2, -0.15) is 0 Å². The number of nitrogens with zero attached hydrogens (tertiary/aromatic N) is 1. The van der Waals surface area contributed by atoms with Crippen LogP contribution in [0.25, 0.3) is 0 Å². The van der Waals surface area contributed by atoms with Gasteiger partial charge in [0, 0.05) is 12.1 Å². The number of rotatable bonds is 4. The highest BCUT2D eigenvalue weighted by Gasteiger charge is 2.43. The van der Waals surface area contributed by atoms with Crippen LogP contribution in [0.5, 0.6) is 0 Å². The number of aliphatic hydroxyl groups is 1. The molecule has 4 heteroatoms. The maximum atomic E-state index is 12.3. The fraction of sp³-hybridized carbons (Fsp3) is 0.923. The molecule has 4 nitrogen and oxygen atoms in total. The van der Waals surface area contributed by atoms with Crippen LogP contribution < -0.4 is 5.73 Å². The molecule has 0 radical (unpaired) electrons. The molecule has 2 fully saturated rings. The first-order chi connectivity index (χ1) is 8.13. The Labute approximate surface area is 103 Å². The summed E-state index contributed by atoms with van der Waals surface area (Å²) >= 11 is 0. The van der Waals surface area contributed by atoms with Crippen molar-refractivity contribution in [3.8, 4) is 0 Å². The van der Waals surface area contributed by atoms with E-state index >= 15 is 0 Å². The van der Waals surface area contributed by atoms with Crippen molar-refractivity contribution in [3.63, 3.8) is 0 Å². The number of carbonyl (C=O) groups is 1. The van der Waals surface area contributed by atoms with Gasteiger partial charge in [0.05, 0.1) is 12.1 Å². The van der Waals surface area contributed by atoms with Crippen molar-refractivity contribution in [3.05, 3.63) is 0 Å². The number of hydrogen-bond acceptors (Lipinski definition) is 3. The van der Waals surface area contributed by atoms with Crippen LogP contribution >= 0.6 is 0 Å². The van der Waals surface area contributed by atoms with Crippen molar-refractivity contribution in [2.75, 3.05) is 0 Å². The molecular weight excluding hydrogens is 216 g/mol. The average Bonchev–Trinajstić information content (AvgIpc) is 2.57. The summed E-state index contributed by atoms with van der Waals surface area (Å²) in [6, 6.07) is 0.140. The molecule has 0 aromatic carbocycles. The number of piperidine rings is 1. The Balaban J connectivity index is 1.96. The van der Waals surface area contributed by atoms with E-state index in [1.807, 2.05) is 4.90 Å². The summed E-state index contributed by atoms with van der Waals surface area (Å²) < 4.78 is 0. The van der Waals surface area contributed by atoms with Gasteiger partial charge in [0.25, 0.3) is 0 Å². The zero-order valence-corrected chi connectivity index (χ0v) is 10.6. The molecule has 3 unspecified atom stereocenters. The Hall–Kier alpha value is -0.610. The quantitative estimate of drug-likeness (QED) is 0.771. The third-order valence-corrected chi connectivity index (χ3v) is 4.15. The third kappa shape index (κ3) is 2.63. The lowest BCUT2D eigenvalue weighted by atomic mass is 9.98. The number of nitrogens with two attached hydrogens (primary N) is 1. The fourth-order valence-corrected chi connectivity index (χ4v) is 3.25. The maximum absolute atomic E-state index is 12.3. The predicted molar refractivity (Wildman–Crippen MR) is 66.4 cm³/mol. The first-order valence-electron chi connectivity index (χ1n) is 6.89. The van der Waals surface area contributed by atoms with Crippen LogP contribution in [-0.2, 0) is 4.79 Å². The molecule has 2 bridgehead atoms. The van der Waals surface area contributed by atoms with Crippen molar-refractivity contribution < 1.29 is 9.90 Å². The molecule has 2 saturated heterocycles. The molecule has 17 heavy (non-hydrogen) atoms. The Morgan fingerprint density at radius 1 is 1.41 bits per heavy atom. The van der Waals surface area contributed by atoms with Crippen molar-refractivity contribution >= 4 is 5.91 Å². The largest absolute Gasteiger partial charge is 0.393 e. The van der Waals surface area contributed by atoms with Crippen LogP contribution in [0.3, 0.4) is 0 Å². The highest BCUT2D eigenvalue weighted by Crippen LogP contribution is 2.36. The van der Waals surface area contributed by atoms with Crippen molar-refractivity contribution in [1.29, 1.82) is 0 Å². The van der Waals surface area contributed by atoms with Gasteiger partial charge in [-0.25, -0.2) is 0 Å². The summed E-state index contributed by atoms with van der Waals surface area (Å²) in [7, 11) is 0. The van der Waals surface area contributed by atoms with E-state index in [0.717, 1.165) is 44.9 Å². The van der Waals surface area contributed by atoms with Gasteiger partial charge in [0.15, 0.2) is 0 Å². The van der Waals surface area contributed by atoms with E-state index in [9.17, 15) is 9.90 Å². The zero-order valence-electron chi connectivity index (χ0n) is 10.6. The molecule has 98 valence electrons. The molecule has 0 aliphatic carbocycles. The van der Waals surface area contributed by atoms with Gasteiger partial charge >= 0.3 is 0 Å². The highest BCUT2D eigenvalue weighted by atomic mass is 16.3. The first kappa shape index (κ1) is 12.8. The Kier molecular flexibility index (Phi) is 4.05. The minimum absolute atomic E-state index is 0.109. The molecule has 3 atom stereocenters. The van der Waals surface area contributed by atoms with Crippen LogP contribution in [0.15, 0.2) is 0 Å². The predicted octanol–water partition coefficient (Wildman–Crippen LogP) is 1.02. The topological polar surface area (TPSA) is 66.6 Å². The van der Waals surface area contributed by atoms with Gasteiger partial charge < -0.3 is 15.7 Å². The molecule has 0 aromatic rings. The smallest absolute Gasteiger partial charge is 0.239 e. The molecule has 1 amide bonds. The average molecular weight is 240 g/mol. The lowest BCUT2D eigenvalue weighted by Crippen LogP contribution is -2.53. The second-order valence-electron chi connectivity index (χ2n) is 5.50. The first-order valence-corrected chi connectivity index (χ1v) is 6.89. The molecule has 0 saturated carbocycles. The van der Waals surface area contributed by atoms with Crippen molar-refractivity contribution in [1.82, 2.24) is 4.90 Å². The van der Waals surface area contributed by atoms with E-state index in [1.54, 1.807) is 0 Å². The van der Waals surface area contributed by atoms with Crippen LogP contribution in [-0.4, -0.2) is 40.1 Å². The molecule has 0 spiro atoms. The number of fused-ring (bicyclic) bond motifs is 2. The van der Waals surface area contributed by atoms with Crippen LogP contribution in [0.2, 0.25) is 0 Å². The summed E-state index contributed by atoms with van der Waals surface area (Å²) in [6.45, 7) is 2.11. The van der Waals surface area contributed by atoms with Gasteiger partial charge in [-0.1, -0.05) is 19.8 Å². The number of carbonyl (C=O) groups excluding carboxylic acids is 1. The maximum Gasteiger partial charge on any atom is 0.239 e. The Morgan fingerprint density at radius 2 is 2.00 bits per heavy atom. The number of unbranched alkanes of at least 4 members (excludes halogenated alkanes) is 1. The molecule has 2 aliphatic rings. The normalized spacial score (nSPS) is 33.8. The number of aliphatic hydroxyl groups excluding tert-OH is 1.